The van der Waals surface area contributed by atoms with E-state index in [0.29, 0.717) is 5.69 Å². The smallest absolute Gasteiger partial charge is 0.342 e. The summed E-state index contributed by atoms with van der Waals surface area (Å²) >= 11 is 5.86. The maximum absolute atomic E-state index is 12.4. The molecule has 1 amide bonds. The van der Waals surface area contributed by atoms with E-state index in [9.17, 15) is 9.59 Å². The molecule has 0 bridgehead atoms. The van der Waals surface area contributed by atoms with Gasteiger partial charge in [0.1, 0.15) is 5.15 Å². The monoisotopic (exact) mass is 354 g/mol. The number of benzene rings is 2. The molecule has 0 aliphatic rings. The van der Waals surface area contributed by atoms with Gasteiger partial charge in [0.25, 0.3) is 5.91 Å². The number of nitrogens with zero attached hydrogens (tertiary/aromatic N) is 1. The largest absolute Gasteiger partial charge is 0.449 e. The highest BCUT2D eigenvalue weighted by molar-refractivity contribution is 6.32. The van der Waals surface area contributed by atoms with Crippen molar-refractivity contribution in [2.75, 3.05) is 5.32 Å². The lowest BCUT2D eigenvalue weighted by Gasteiger charge is -2.15. The Morgan fingerprint density at radius 3 is 2.64 bits per heavy atom. The maximum atomic E-state index is 12.4. The summed E-state index contributed by atoms with van der Waals surface area (Å²) in [5.74, 6) is -1.12. The summed E-state index contributed by atoms with van der Waals surface area (Å²) in [6, 6.07) is 16.4. The Balaban J connectivity index is 1.72. The van der Waals surface area contributed by atoms with E-state index in [1.165, 1.54) is 19.2 Å². The van der Waals surface area contributed by atoms with Gasteiger partial charge in [-0.2, -0.15) is 0 Å². The van der Waals surface area contributed by atoms with Crippen LogP contribution in [0.4, 0.5) is 5.69 Å². The molecule has 126 valence electrons. The van der Waals surface area contributed by atoms with E-state index in [2.05, 4.69) is 10.3 Å². The number of amides is 1. The summed E-state index contributed by atoms with van der Waals surface area (Å²) < 4.78 is 5.19. The van der Waals surface area contributed by atoms with E-state index in [1.54, 1.807) is 12.1 Å². The number of rotatable bonds is 4. The molecule has 3 aromatic rings. The zero-order valence-electron chi connectivity index (χ0n) is 13.4. The summed E-state index contributed by atoms with van der Waals surface area (Å²) in [5.41, 5.74) is 0.777. The highest BCUT2D eigenvalue weighted by Gasteiger charge is 2.21. The summed E-state index contributed by atoms with van der Waals surface area (Å²) in [4.78, 5) is 28.3. The van der Waals surface area contributed by atoms with Crippen molar-refractivity contribution in [2.24, 2.45) is 0 Å². The molecule has 25 heavy (non-hydrogen) atoms. The molecule has 0 saturated carbocycles. The number of nitrogens with one attached hydrogen (secondary N) is 1. The number of ether oxygens (including phenoxy) is 1. The van der Waals surface area contributed by atoms with Crippen molar-refractivity contribution in [2.45, 2.75) is 13.0 Å². The molecule has 0 unspecified atom stereocenters. The Kier molecular flexibility index (Phi) is 4.95. The molecular weight excluding hydrogens is 340 g/mol. The van der Waals surface area contributed by atoms with Gasteiger partial charge < -0.3 is 10.1 Å². The van der Waals surface area contributed by atoms with Gasteiger partial charge in [0.15, 0.2) is 6.10 Å². The van der Waals surface area contributed by atoms with Gasteiger partial charge in [-0.25, -0.2) is 9.78 Å². The molecule has 0 radical (unpaired) electrons. The normalized spacial score (nSPS) is 11.8. The number of hydrogen-bond acceptors (Lipinski definition) is 4. The fourth-order valence-corrected chi connectivity index (χ4v) is 2.58. The molecule has 1 atom stereocenters. The zero-order valence-corrected chi connectivity index (χ0v) is 14.2. The third kappa shape index (κ3) is 3.78. The number of carbonyl (C=O) groups is 2. The van der Waals surface area contributed by atoms with Gasteiger partial charge >= 0.3 is 5.97 Å². The molecule has 2 aromatic carbocycles. The first kappa shape index (κ1) is 16.9. The second-order valence-electron chi connectivity index (χ2n) is 5.41. The molecule has 0 aliphatic heterocycles. The van der Waals surface area contributed by atoms with E-state index in [1.807, 2.05) is 36.4 Å². The minimum Gasteiger partial charge on any atom is -0.449 e. The number of pyridine rings is 1. The number of carbonyl (C=O) groups excluding carboxylic acids is 2. The van der Waals surface area contributed by atoms with Gasteiger partial charge in [-0.05, 0) is 30.5 Å². The molecular formula is C19H15ClN2O3. The molecule has 0 saturated heterocycles. The number of halogens is 1. The first-order valence-corrected chi connectivity index (χ1v) is 8.04. The highest BCUT2D eigenvalue weighted by Crippen LogP contribution is 2.23. The zero-order chi connectivity index (χ0) is 17.8. The van der Waals surface area contributed by atoms with Gasteiger partial charge in [-0.3, -0.25) is 4.79 Å². The number of esters is 1. The average molecular weight is 355 g/mol. The fourth-order valence-electron chi connectivity index (χ4n) is 2.38. The molecule has 0 spiro atoms. The van der Waals surface area contributed by atoms with Crippen LogP contribution in [0, 0.1) is 0 Å². The molecule has 1 N–H and O–H groups in total. The lowest BCUT2D eigenvalue weighted by molar-refractivity contribution is -0.123. The van der Waals surface area contributed by atoms with Crippen LogP contribution in [-0.2, 0) is 9.53 Å². The topological polar surface area (TPSA) is 68.3 Å². The van der Waals surface area contributed by atoms with Crippen molar-refractivity contribution in [1.29, 1.82) is 0 Å². The number of aromatic nitrogens is 1. The number of anilines is 1. The van der Waals surface area contributed by atoms with Crippen LogP contribution in [0.3, 0.4) is 0 Å². The van der Waals surface area contributed by atoms with Crippen LogP contribution in [0.25, 0.3) is 10.8 Å². The average Bonchev–Trinajstić information content (AvgIpc) is 2.62. The Bertz CT molecular complexity index is 937. The predicted molar refractivity (Wildman–Crippen MR) is 96.7 cm³/mol. The standard InChI is InChI=1S/C19H15ClN2O3/c1-12(25-19(24)15-9-5-11-21-17(15)20)18(23)22-16-10-4-7-13-6-2-3-8-14(13)16/h2-12H,1H3,(H,22,23)/t12-/m1/s1. The van der Waals surface area contributed by atoms with E-state index in [4.69, 9.17) is 16.3 Å². The minimum absolute atomic E-state index is 0.0363. The van der Waals surface area contributed by atoms with Gasteiger partial charge in [0.2, 0.25) is 0 Å². The van der Waals surface area contributed by atoms with Crippen LogP contribution >= 0.6 is 11.6 Å². The third-order valence-corrected chi connectivity index (χ3v) is 3.98. The quantitative estimate of drug-likeness (QED) is 0.566. The Morgan fingerprint density at radius 1 is 1.08 bits per heavy atom. The summed E-state index contributed by atoms with van der Waals surface area (Å²) in [7, 11) is 0. The lowest BCUT2D eigenvalue weighted by Crippen LogP contribution is -2.30. The molecule has 5 nitrogen and oxygen atoms in total. The van der Waals surface area contributed by atoms with Crippen LogP contribution in [0.1, 0.15) is 17.3 Å². The molecule has 0 aliphatic carbocycles. The molecule has 1 aromatic heterocycles. The lowest BCUT2D eigenvalue weighted by atomic mass is 10.1. The van der Waals surface area contributed by atoms with E-state index >= 15 is 0 Å². The highest BCUT2D eigenvalue weighted by atomic mass is 35.5. The van der Waals surface area contributed by atoms with Crippen molar-refractivity contribution in [3.8, 4) is 0 Å². The van der Waals surface area contributed by atoms with Crippen LogP contribution in [0.15, 0.2) is 60.8 Å². The van der Waals surface area contributed by atoms with Gasteiger partial charge in [-0.1, -0.05) is 48.0 Å². The van der Waals surface area contributed by atoms with E-state index in [0.717, 1.165) is 10.8 Å². The van der Waals surface area contributed by atoms with Crippen LogP contribution in [0.5, 0.6) is 0 Å². The number of hydrogen-bond donors (Lipinski definition) is 1. The van der Waals surface area contributed by atoms with E-state index in [-0.39, 0.29) is 10.7 Å². The van der Waals surface area contributed by atoms with Crippen LogP contribution in [-0.4, -0.2) is 23.0 Å². The summed E-state index contributed by atoms with van der Waals surface area (Å²) in [6.45, 7) is 1.50. The van der Waals surface area contributed by atoms with Gasteiger partial charge in [-0.15, -0.1) is 0 Å². The maximum Gasteiger partial charge on any atom is 0.342 e. The molecule has 1 heterocycles. The van der Waals surface area contributed by atoms with Crippen molar-refractivity contribution < 1.29 is 14.3 Å². The van der Waals surface area contributed by atoms with Crippen molar-refractivity contribution in [1.82, 2.24) is 4.98 Å². The first-order chi connectivity index (χ1) is 12.1. The van der Waals surface area contributed by atoms with E-state index < -0.39 is 18.0 Å². The van der Waals surface area contributed by atoms with Gasteiger partial charge in [0, 0.05) is 17.3 Å². The second-order valence-corrected chi connectivity index (χ2v) is 5.76. The minimum atomic E-state index is -0.984. The Morgan fingerprint density at radius 2 is 1.84 bits per heavy atom. The Hall–Kier alpha value is -2.92. The first-order valence-electron chi connectivity index (χ1n) is 7.66. The molecule has 6 heteroatoms. The number of fused-ring (bicyclic) bond motifs is 1. The Labute approximate surface area is 149 Å². The van der Waals surface area contributed by atoms with Crippen molar-refractivity contribution in [3.63, 3.8) is 0 Å². The van der Waals surface area contributed by atoms with Crippen molar-refractivity contribution >= 4 is 39.9 Å². The fraction of sp³-hybridized carbons (Fsp3) is 0.105. The molecule has 3 rings (SSSR count). The third-order valence-electron chi connectivity index (χ3n) is 3.68. The second kappa shape index (κ2) is 7.32. The summed E-state index contributed by atoms with van der Waals surface area (Å²) in [5, 5.41) is 4.74. The SMILES string of the molecule is C[C@@H](OC(=O)c1cccnc1Cl)C(=O)Nc1cccc2ccccc12. The molecule has 0 fully saturated rings. The van der Waals surface area contributed by atoms with Crippen LogP contribution < -0.4 is 5.32 Å². The van der Waals surface area contributed by atoms with Gasteiger partial charge in [0.05, 0.1) is 5.56 Å². The predicted octanol–water partition coefficient (Wildman–Crippen LogP) is 4.07. The van der Waals surface area contributed by atoms with Crippen LogP contribution in [0.2, 0.25) is 5.15 Å². The van der Waals surface area contributed by atoms with Crippen molar-refractivity contribution in [3.05, 3.63) is 71.5 Å². The summed E-state index contributed by atoms with van der Waals surface area (Å²) in [6.07, 6.45) is 0.484.